The fourth-order valence-corrected chi connectivity index (χ4v) is 2.64. The van der Waals surface area contributed by atoms with Gasteiger partial charge in [0.25, 0.3) is 5.91 Å². The van der Waals surface area contributed by atoms with Crippen LogP contribution in [-0.2, 0) is 14.3 Å². The summed E-state index contributed by atoms with van der Waals surface area (Å²) in [5.74, 6) is -0.648. The minimum Gasteiger partial charge on any atom is -0.465 e. The molecule has 0 fully saturated rings. The van der Waals surface area contributed by atoms with E-state index >= 15 is 0 Å². The maximum absolute atomic E-state index is 12.6. The lowest BCUT2D eigenvalue weighted by Crippen LogP contribution is -2.24. The van der Waals surface area contributed by atoms with Crippen molar-refractivity contribution in [1.29, 1.82) is 0 Å². The molecule has 5 nitrogen and oxygen atoms in total. The third-order valence-electron chi connectivity index (χ3n) is 3.94. The van der Waals surface area contributed by atoms with E-state index < -0.39 is 5.97 Å². The second-order valence-corrected chi connectivity index (χ2v) is 5.55. The molecule has 2 rings (SSSR count). The van der Waals surface area contributed by atoms with Crippen LogP contribution in [0.25, 0.3) is 6.08 Å². The Labute approximate surface area is 136 Å². The first-order chi connectivity index (χ1) is 10.9. The van der Waals surface area contributed by atoms with Gasteiger partial charge in [0.05, 0.1) is 18.3 Å². The Balaban J connectivity index is 2.46. The SMILES string of the molecule is CCN1C(=O)C(=Cc2ccc(N(C)C)cc2)C(C(=O)OC)=C1C. The number of hydrogen-bond donors (Lipinski definition) is 0. The molecule has 23 heavy (non-hydrogen) atoms. The maximum atomic E-state index is 12.6. The Bertz CT molecular complexity index is 685. The number of benzene rings is 1. The largest absolute Gasteiger partial charge is 0.465 e. The van der Waals surface area contributed by atoms with Crippen molar-refractivity contribution in [2.24, 2.45) is 0 Å². The van der Waals surface area contributed by atoms with E-state index in [4.69, 9.17) is 4.74 Å². The molecular weight excluding hydrogens is 292 g/mol. The van der Waals surface area contributed by atoms with Crippen LogP contribution in [0.1, 0.15) is 19.4 Å². The monoisotopic (exact) mass is 314 g/mol. The van der Waals surface area contributed by atoms with E-state index in [9.17, 15) is 9.59 Å². The Hall–Kier alpha value is -2.56. The van der Waals surface area contributed by atoms with Crippen molar-refractivity contribution in [2.75, 3.05) is 32.6 Å². The molecule has 1 aromatic carbocycles. The second kappa shape index (κ2) is 6.69. The van der Waals surface area contributed by atoms with Gasteiger partial charge in [-0.25, -0.2) is 4.79 Å². The average molecular weight is 314 g/mol. The molecule has 1 aliphatic heterocycles. The summed E-state index contributed by atoms with van der Waals surface area (Å²) in [7, 11) is 5.26. The molecule has 1 aliphatic rings. The van der Waals surface area contributed by atoms with E-state index in [0.29, 0.717) is 23.4 Å². The fraction of sp³-hybridized carbons (Fsp3) is 0.333. The zero-order valence-corrected chi connectivity index (χ0v) is 14.2. The van der Waals surface area contributed by atoms with E-state index in [1.54, 1.807) is 17.9 Å². The van der Waals surface area contributed by atoms with Gasteiger partial charge < -0.3 is 14.5 Å². The highest BCUT2D eigenvalue weighted by Gasteiger charge is 2.35. The number of ether oxygens (including phenoxy) is 1. The topological polar surface area (TPSA) is 49.9 Å². The predicted octanol–water partition coefficient (Wildman–Crippen LogP) is 2.45. The first kappa shape index (κ1) is 16.8. The third-order valence-corrected chi connectivity index (χ3v) is 3.94. The van der Waals surface area contributed by atoms with E-state index in [1.165, 1.54) is 7.11 Å². The van der Waals surface area contributed by atoms with Gasteiger partial charge in [-0.2, -0.15) is 0 Å². The Morgan fingerprint density at radius 3 is 2.35 bits per heavy atom. The third kappa shape index (κ3) is 3.13. The van der Waals surface area contributed by atoms with Crippen molar-refractivity contribution >= 4 is 23.6 Å². The lowest BCUT2D eigenvalue weighted by molar-refractivity contribution is -0.136. The zero-order valence-electron chi connectivity index (χ0n) is 14.2. The number of hydrogen-bond acceptors (Lipinski definition) is 4. The average Bonchev–Trinajstić information content (AvgIpc) is 2.77. The lowest BCUT2D eigenvalue weighted by Gasteiger charge is -2.14. The highest BCUT2D eigenvalue weighted by molar-refractivity contribution is 6.16. The fourth-order valence-electron chi connectivity index (χ4n) is 2.64. The van der Waals surface area contributed by atoms with Crippen LogP contribution in [0, 0.1) is 0 Å². The summed E-state index contributed by atoms with van der Waals surface area (Å²) >= 11 is 0. The van der Waals surface area contributed by atoms with Crippen molar-refractivity contribution in [3.63, 3.8) is 0 Å². The molecule has 0 saturated carbocycles. The number of anilines is 1. The molecule has 0 bridgehead atoms. The molecule has 5 heteroatoms. The number of amides is 1. The number of rotatable bonds is 4. The molecule has 0 atom stereocenters. The Morgan fingerprint density at radius 2 is 1.87 bits per heavy atom. The number of carbonyl (C=O) groups is 2. The molecule has 0 aliphatic carbocycles. The predicted molar refractivity (Wildman–Crippen MR) is 90.8 cm³/mol. The summed E-state index contributed by atoms with van der Waals surface area (Å²) in [6.07, 6.45) is 1.74. The van der Waals surface area contributed by atoms with Crippen LogP contribution >= 0.6 is 0 Å². The van der Waals surface area contributed by atoms with E-state index in [0.717, 1.165) is 11.3 Å². The van der Waals surface area contributed by atoms with Crippen LogP contribution < -0.4 is 4.90 Å². The first-order valence-corrected chi connectivity index (χ1v) is 7.51. The van der Waals surface area contributed by atoms with Crippen LogP contribution in [0.15, 0.2) is 41.1 Å². The number of nitrogens with zero attached hydrogens (tertiary/aromatic N) is 2. The van der Waals surface area contributed by atoms with Crippen molar-refractivity contribution in [3.05, 3.63) is 46.7 Å². The standard InChI is InChI=1S/C18H22N2O3/c1-6-20-12(2)16(18(22)23-5)15(17(20)21)11-13-7-9-14(10-8-13)19(3)4/h7-11H,6H2,1-5H3. The van der Waals surface area contributed by atoms with Crippen LogP contribution in [0.4, 0.5) is 5.69 Å². The summed E-state index contributed by atoms with van der Waals surface area (Å²) in [6, 6.07) is 7.79. The molecular formula is C18H22N2O3. The molecule has 0 unspecified atom stereocenters. The van der Waals surface area contributed by atoms with E-state index in [2.05, 4.69) is 0 Å². The van der Waals surface area contributed by atoms with Crippen molar-refractivity contribution in [3.8, 4) is 0 Å². The zero-order chi connectivity index (χ0) is 17.1. The lowest BCUT2D eigenvalue weighted by atomic mass is 10.0. The Kier molecular flexibility index (Phi) is 4.89. The number of carbonyl (C=O) groups excluding carboxylic acids is 2. The van der Waals surface area contributed by atoms with Gasteiger partial charge in [-0.3, -0.25) is 4.79 Å². The van der Waals surface area contributed by atoms with Gasteiger partial charge in [0.1, 0.15) is 0 Å². The van der Waals surface area contributed by atoms with Gasteiger partial charge in [0.2, 0.25) is 0 Å². The Morgan fingerprint density at radius 1 is 1.26 bits per heavy atom. The number of likely N-dealkylation sites (N-methyl/N-ethyl adjacent to an activating group) is 1. The van der Waals surface area contributed by atoms with Gasteiger partial charge in [0.15, 0.2) is 0 Å². The molecule has 0 N–H and O–H groups in total. The summed E-state index contributed by atoms with van der Waals surface area (Å²) < 4.78 is 4.84. The number of allylic oxidation sites excluding steroid dienone is 1. The molecule has 0 spiro atoms. The molecule has 122 valence electrons. The molecule has 1 heterocycles. The first-order valence-electron chi connectivity index (χ1n) is 7.51. The van der Waals surface area contributed by atoms with Crippen LogP contribution in [-0.4, -0.2) is 44.5 Å². The number of esters is 1. The smallest absolute Gasteiger partial charge is 0.340 e. The number of methoxy groups -OCH3 is 1. The highest BCUT2D eigenvalue weighted by Crippen LogP contribution is 2.31. The van der Waals surface area contributed by atoms with Crippen LogP contribution in [0.2, 0.25) is 0 Å². The van der Waals surface area contributed by atoms with Crippen LogP contribution in [0.5, 0.6) is 0 Å². The summed E-state index contributed by atoms with van der Waals surface area (Å²) in [4.78, 5) is 28.2. The molecule has 1 amide bonds. The van der Waals surface area contributed by atoms with Crippen molar-refractivity contribution < 1.29 is 14.3 Å². The summed E-state index contributed by atoms with van der Waals surface area (Å²) in [6.45, 7) is 4.16. The van der Waals surface area contributed by atoms with Crippen molar-refractivity contribution in [1.82, 2.24) is 4.90 Å². The minimum atomic E-state index is -0.483. The normalized spacial score (nSPS) is 16.3. The van der Waals surface area contributed by atoms with Gasteiger partial charge in [-0.15, -0.1) is 0 Å². The summed E-state index contributed by atoms with van der Waals surface area (Å²) in [5.41, 5.74) is 3.30. The van der Waals surface area contributed by atoms with E-state index in [-0.39, 0.29) is 5.91 Å². The van der Waals surface area contributed by atoms with E-state index in [1.807, 2.05) is 50.2 Å². The van der Waals surface area contributed by atoms with Gasteiger partial charge in [-0.1, -0.05) is 12.1 Å². The van der Waals surface area contributed by atoms with Gasteiger partial charge in [-0.05, 0) is 37.6 Å². The van der Waals surface area contributed by atoms with Gasteiger partial charge in [0, 0.05) is 32.0 Å². The molecule has 0 aromatic heterocycles. The molecule has 1 aromatic rings. The summed E-state index contributed by atoms with van der Waals surface area (Å²) in [5, 5.41) is 0. The van der Waals surface area contributed by atoms with Crippen LogP contribution in [0.3, 0.4) is 0 Å². The van der Waals surface area contributed by atoms with Gasteiger partial charge >= 0.3 is 5.97 Å². The minimum absolute atomic E-state index is 0.165. The second-order valence-electron chi connectivity index (χ2n) is 5.55. The highest BCUT2D eigenvalue weighted by atomic mass is 16.5. The maximum Gasteiger partial charge on any atom is 0.340 e. The quantitative estimate of drug-likeness (QED) is 0.633. The molecule has 0 radical (unpaired) electrons. The van der Waals surface area contributed by atoms with Crippen molar-refractivity contribution in [2.45, 2.75) is 13.8 Å². The molecule has 0 saturated heterocycles.